The number of benzene rings is 2. The maximum Gasteiger partial charge on any atom is 0.247 e. The lowest BCUT2D eigenvalue weighted by atomic mass is 10.0. The summed E-state index contributed by atoms with van der Waals surface area (Å²) in [5.41, 5.74) is 1.78. The Hall–Kier alpha value is -2.88. The van der Waals surface area contributed by atoms with Crippen LogP contribution in [0.25, 0.3) is 0 Å². The van der Waals surface area contributed by atoms with E-state index in [4.69, 9.17) is 0 Å². The van der Waals surface area contributed by atoms with Crippen LogP contribution in [0.1, 0.15) is 31.0 Å². The van der Waals surface area contributed by atoms with E-state index in [-0.39, 0.29) is 17.7 Å². The second kappa shape index (κ2) is 9.56. The van der Waals surface area contributed by atoms with Crippen molar-refractivity contribution in [3.05, 3.63) is 84.4 Å². The maximum absolute atomic E-state index is 13.0. The van der Waals surface area contributed by atoms with Crippen molar-refractivity contribution in [2.45, 2.75) is 26.4 Å². The van der Waals surface area contributed by atoms with Gasteiger partial charge >= 0.3 is 0 Å². The molecule has 4 heteroatoms. The van der Waals surface area contributed by atoms with Crippen LogP contribution in [0.4, 0.5) is 0 Å². The highest BCUT2D eigenvalue weighted by Crippen LogP contribution is 2.25. The van der Waals surface area contributed by atoms with Crippen LogP contribution in [0.3, 0.4) is 0 Å². The zero-order chi connectivity index (χ0) is 18.9. The minimum Gasteiger partial charge on any atom is -0.351 e. The Balaban J connectivity index is 2.44. The van der Waals surface area contributed by atoms with Gasteiger partial charge in [0.1, 0.15) is 6.04 Å². The van der Waals surface area contributed by atoms with E-state index >= 15 is 0 Å². The number of carbonyl (C=O) groups is 2. The zero-order valence-corrected chi connectivity index (χ0v) is 15.4. The van der Waals surface area contributed by atoms with Gasteiger partial charge in [-0.3, -0.25) is 9.59 Å². The summed E-state index contributed by atoms with van der Waals surface area (Å²) in [6, 6.07) is 18.4. The minimum atomic E-state index is -0.689. The van der Waals surface area contributed by atoms with E-state index in [1.807, 2.05) is 74.5 Å². The number of nitrogens with one attached hydrogen (secondary N) is 1. The van der Waals surface area contributed by atoms with E-state index in [0.717, 1.165) is 11.1 Å². The molecule has 4 nitrogen and oxygen atoms in total. The molecule has 0 spiro atoms. The molecule has 2 amide bonds. The molecule has 0 aliphatic rings. The van der Waals surface area contributed by atoms with Crippen molar-refractivity contribution < 1.29 is 9.59 Å². The molecule has 1 N–H and O–H groups in total. The standard InChI is InChI=1S/C22H26N2O2/c1-4-15-23-21(25)20(19-13-9-6-10-14-19)24(22(26)17(2)3)16-18-11-7-5-8-12-18/h4-14,17,20H,1,15-16H2,2-3H3,(H,23,25)/t20-/m0/s1. The second-order valence-corrected chi connectivity index (χ2v) is 6.45. The first kappa shape index (κ1) is 19.4. The summed E-state index contributed by atoms with van der Waals surface area (Å²) in [7, 11) is 0. The molecule has 0 unspecified atom stereocenters. The molecule has 0 fully saturated rings. The van der Waals surface area contributed by atoms with Crippen molar-refractivity contribution in [1.82, 2.24) is 10.2 Å². The lowest BCUT2D eigenvalue weighted by Crippen LogP contribution is -2.44. The molecule has 26 heavy (non-hydrogen) atoms. The molecule has 0 radical (unpaired) electrons. The molecule has 0 saturated carbocycles. The van der Waals surface area contributed by atoms with E-state index < -0.39 is 6.04 Å². The Morgan fingerprint density at radius 3 is 2.15 bits per heavy atom. The van der Waals surface area contributed by atoms with E-state index in [1.54, 1.807) is 11.0 Å². The fraction of sp³-hybridized carbons (Fsp3) is 0.273. The van der Waals surface area contributed by atoms with Crippen molar-refractivity contribution in [3.8, 4) is 0 Å². The molecule has 136 valence electrons. The first-order valence-electron chi connectivity index (χ1n) is 8.82. The summed E-state index contributed by atoms with van der Waals surface area (Å²) < 4.78 is 0. The quantitative estimate of drug-likeness (QED) is 0.738. The van der Waals surface area contributed by atoms with Crippen LogP contribution in [0, 0.1) is 5.92 Å². The molecule has 0 bridgehead atoms. The number of hydrogen-bond acceptors (Lipinski definition) is 2. The van der Waals surface area contributed by atoms with Gasteiger partial charge < -0.3 is 10.2 Å². The molecule has 2 aromatic rings. The fourth-order valence-corrected chi connectivity index (χ4v) is 2.79. The van der Waals surface area contributed by atoms with Gasteiger partial charge in [0, 0.05) is 19.0 Å². The van der Waals surface area contributed by atoms with Crippen LogP contribution in [0.5, 0.6) is 0 Å². The van der Waals surface area contributed by atoms with E-state index in [9.17, 15) is 9.59 Å². The fourth-order valence-electron chi connectivity index (χ4n) is 2.79. The Morgan fingerprint density at radius 2 is 1.62 bits per heavy atom. The molecular weight excluding hydrogens is 324 g/mol. The predicted molar refractivity (Wildman–Crippen MR) is 104 cm³/mol. The average Bonchev–Trinajstić information content (AvgIpc) is 2.66. The smallest absolute Gasteiger partial charge is 0.247 e. The summed E-state index contributed by atoms with van der Waals surface area (Å²) in [4.78, 5) is 27.5. The third-order valence-electron chi connectivity index (χ3n) is 4.07. The lowest BCUT2D eigenvalue weighted by Gasteiger charge is -2.32. The Morgan fingerprint density at radius 1 is 1.04 bits per heavy atom. The van der Waals surface area contributed by atoms with Crippen LogP contribution >= 0.6 is 0 Å². The first-order valence-corrected chi connectivity index (χ1v) is 8.82. The molecule has 0 aliphatic carbocycles. The largest absolute Gasteiger partial charge is 0.351 e. The lowest BCUT2D eigenvalue weighted by molar-refractivity contribution is -0.144. The molecular formula is C22H26N2O2. The van der Waals surface area contributed by atoms with Gasteiger partial charge in [0.2, 0.25) is 11.8 Å². The normalized spacial score (nSPS) is 11.7. The van der Waals surface area contributed by atoms with Crippen molar-refractivity contribution in [3.63, 3.8) is 0 Å². The molecule has 2 rings (SSSR count). The van der Waals surface area contributed by atoms with E-state index in [1.165, 1.54) is 0 Å². The summed E-state index contributed by atoms with van der Waals surface area (Å²) in [6.45, 7) is 8.08. The number of nitrogens with zero attached hydrogens (tertiary/aromatic N) is 1. The number of amides is 2. The van der Waals surface area contributed by atoms with Crippen molar-refractivity contribution in [2.24, 2.45) is 5.92 Å². The molecule has 2 aromatic carbocycles. The molecule has 0 saturated heterocycles. The third kappa shape index (κ3) is 5.06. The Bertz CT molecular complexity index is 726. The van der Waals surface area contributed by atoms with Crippen LogP contribution < -0.4 is 5.32 Å². The molecule has 1 atom stereocenters. The van der Waals surface area contributed by atoms with Crippen LogP contribution in [-0.2, 0) is 16.1 Å². The van der Waals surface area contributed by atoms with Gasteiger partial charge in [-0.2, -0.15) is 0 Å². The maximum atomic E-state index is 13.0. The van der Waals surface area contributed by atoms with Gasteiger partial charge in [0.25, 0.3) is 0 Å². The van der Waals surface area contributed by atoms with E-state index in [2.05, 4.69) is 11.9 Å². The third-order valence-corrected chi connectivity index (χ3v) is 4.07. The predicted octanol–water partition coefficient (Wildman–Crippen LogP) is 3.71. The highest BCUT2D eigenvalue weighted by molar-refractivity contribution is 5.89. The van der Waals surface area contributed by atoms with Crippen molar-refractivity contribution in [1.29, 1.82) is 0 Å². The topological polar surface area (TPSA) is 49.4 Å². The first-order chi connectivity index (χ1) is 12.5. The number of hydrogen-bond donors (Lipinski definition) is 1. The van der Waals surface area contributed by atoms with Gasteiger partial charge in [0.15, 0.2) is 0 Å². The number of rotatable bonds is 8. The van der Waals surface area contributed by atoms with Crippen LogP contribution in [0.15, 0.2) is 73.3 Å². The van der Waals surface area contributed by atoms with Gasteiger partial charge in [-0.05, 0) is 11.1 Å². The van der Waals surface area contributed by atoms with Crippen LogP contribution in [0.2, 0.25) is 0 Å². The SMILES string of the molecule is C=CCNC(=O)[C@H](c1ccccc1)N(Cc1ccccc1)C(=O)C(C)C. The summed E-state index contributed by atoms with van der Waals surface area (Å²) in [6.07, 6.45) is 1.63. The summed E-state index contributed by atoms with van der Waals surface area (Å²) >= 11 is 0. The summed E-state index contributed by atoms with van der Waals surface area (Å²) in [5, 5.41) is 2.84. The van der Waals surface area contributed by atoms with Crippen molar-refractivity contribution >= 4 is 11.8 Å². The Kier molecular flexibility index (Phi) is 7.15. The Labute approximate surface area is 155 Å². The van der Waals surface area contributed by atoms with E-state index in [0.29, 0.717) is 13.1 Å². The number of carbonyl (C=O) groups excluding carboxylic acids is 2. The zero-order valence-electron chi connectivity index (χ0n) is 15.4. The highest BCUT2D eigenvalue weighted by atomic mass is 16.2. The average molecular weight is 350 g/mol. The monoisotopic (exact) mass is 350 g/mol. The van der Waals surface area contributed by atoms with Gasteiger partial charge in [0.05, 0.1) is 0 Å². The minimum absolute atomic E-state index is 0.0588. The van der Waals surface area contributed by atoms with Crippen LogP contribution in [-0.4, -0.2) is 23.3 Å². The molecule has 0 heterocycles. The van der Waals surface area contributed by atoms with Crippen molar-refractivity contribution in [2.75, 3.05) is 6.54 Å². The molecule has 0 aromatic heterocycles. The van der Waals surface area contributed by atoms with Gasteiger partial charge in [-0.15, -0.1) is 6.58 Å². The van der Waals surface area contributed by atoms with Gasteiger partial charge in [-0.1, -0.05) is 80.6 Å². The molecule has 0 aliphatic heterocycles. The highest BCUT2D eigenvalue weighted by Gasteiger charge is 2.32. The summed E-state index contributed by atoms with van der Waals surface area (Å²) in [5.74, 6) is -0.477. The second-order valence-electron chi connectivity index (χ2n) is 6.45. The van der Waals surface area contributed by atoms with Gasteiger partial charge in [-0.25, -0.2) is 0 Å².